The first-order chi connectivity index (χ1) is 18.0. The third-order valence-corrected chi connectivity index (χ3v) is 8.70. The first kappa shape index (κ1) is 28.3. The zero-order chi connectivity index (χ0) is 28.0. The molecule has 3 aliphatic rings. The van der Waals surface area contributed by atoms with Crippen LogP contribution in [0, 0.1) is 24.7 Å². The number of para-hydroxylation sites is 1. The molecule has 2 amide bonds. The molecule has 2 bridgehead atoms. The van der Waals surface area contributed by atoms with Crippen molar-refractivity contribution in [1.82, 2.24) is 4.90 Å². The number of amides is 2. The van der Waals surface area contributed by atoms with Crippen molar-refractivity contribution in [1.29, 1.82) is 0 Å². The molecule has 0 radical (unpaired) electrons. The smallest absolute Gasteiger partial charge is 0.313 e. The second-order valence-corrected chi connectivity index (χ2v) is 11.4. The SMILES string of the molecule is C=CCOC(=O)[C@@H]1[C@H]2C(=O)N([C@@H](CO)C(C)C)C(C(=O)N(CC=C)c3c(C)cccc3Cl)C23CC[C@@]1(C)O3. The number of rotatable bonds is 10. The number of fused-ring (bicyclic) bond motifs is 1. The molecular weight excluding hydrogens is 508 g/mol. The summed E-state index contributed by atoms with van der Waals surface area (Å²) in [6, 6.07) is 3.64. The Labute approximate surface area is 229 Å². The molecule has 3 heterocycles. The average molecular weight is 545 g/mol. The molecule has 0 aliphatic carbocycles. The molecule has 6 atom stereocenters. The van der Waals surface area contributed by atoms with E-state index in [1.165, 1.54) is 15.9 Å². The minimum Gasteiger partial charge on any atom is -0.461 e. The molecule has 206 valence electrons. The highest BCUT2D eigenvalue weighted by Gasteiger charge is 2.79. The Morgan fingerprint density at radius 3 is 2.61 bits per heavy atom. The number of aryl methyl sites for hydroxylation is 1. The highest BCUT2D eigenvalue weighted by Crippen LogP contribution is 2.64. The lowest BCUT2D eigenvalue weighted by atomic mass is 9.66. The Balaban J connectivity index is 1.88. The van der Waals surface area contributed by atoms with E-state index in [9.17, 15) is 19.5 Å². The monoisotopic (exact) mass is 544 g/mol. The number of aliphatic hydroxyl groups is 1. The second-order valence-electron chi connectivity index (χ2n) is 11.0. The minimum atomic E-state index is -1.25. The van der Waals surface area contributed by atoms with E-state index >= 15 is 0 Å². The van der Waals surface area contributed by atoms with Crippen LogP contribution in [0.5, 0.6) is 0 Å². The van der Waals surface area contributed by atoms with Crippen molar-refractivity contribution in [2.75, 3.05) is 24.7 Å². The summed E-state index contributed by atoms with van der Waals surface area (Å²) in [4.78, 5) is 45.2. The molecule has 1 aromatic rings. The largest absolute Gasteiger partial charge is 0.461 e. The van der Waals surface area contributed by atoms with Crippen LogP contribution in [0.1, 0.15) is 39.2 Å². The Morgan fingerprint density at radius 1 is 1.32 bits per heavy atom. The molecule has 9 heteroatoms. The third kappa shape index (κ3) is 4.17. The fourth-order valence-corrected chi connectivity index (χ4v) is 7.07. The standard InChI is InChI=1S/C29H37ClN2O6/c1-7-14-31(23-18(5)10-9-11-19(23)30)26(35)24-29-13-12-28(6,38-29)22(27(36)37-15-8-2)21(29)25(34)32(24)20(16-33)17(3)4/h7-11,17,20-22,24,33H,1-2,12-16H2,3-6H3/t20-,21-,22-,24?,28+,29?/m0/s1. The van der Waals surface area contributed by atoms with E-state index in [-0.39, 0.29) is 37.5 Å². The summed E-state index contributed by atoms with van der Waals surface area (Å²) >= 11 is 6.59. The van der Waals surface area contributed by atoms with Crippen molar-refractivity contribution in [3.05, 3.63) is 54.1 Å². The van der Waals surface area contributed by atoms with Gasteiger partial charge in [-0.15, -0.1) is 6.58 Å². The van der Waals surface area contributed by atoms with Crippen molar-refractivity contribution >= 4 is 35.1 Å². The highest BCUT2D eigenvalue weighted by atomic mass is 35.5. The number of likely N-dealkylation sites (tertiary alicyclic amines) is 1. The summed E-state index contributed by atoms with van der Waals surface area (Å²) in [5, 5.41) is 10.8. The Morgan fingerprint density at radius 2 is 2.03 bits per heavy atom. The van der Waals surface area contributed by atoms with Crippen molar-refractivity contribution in [3.8, 4) is 0 Å². The van der Waals surface area contributed by atoms with Gasteiger partial charge >= 0.3 is 5.97 Å². The molecular formula is C29H37ClN2O6. The van der Waals surface area contributed by atoms with Crippen LogP contribution in [-0.4, -0.2) is 70.8 Å². The van der Waals surface area contributed by atoms with E-state index in [1.54, 1.807) is 18.2 Å². The summed E-state index contributed by atoms with van der Waals surface area (Å²) in [7, 11) is 0. The van der Waals surface area contributed by atoms with Gasteiger partial charge in [0, 0.05) is 6.54 Å². The molecule has 1 spiro atoms. The molecule has 3 saturated heterocycles. The predicted octanol–water partition coefficient (Wildman–Crippen LogP) is 3.68. The van der Waals surface area contributed by atoms with E-state index in [1.807, 2.05) is 33.8 Å². The summed E-state index contributed by atoms with van der Waals surface area (Å²) in [5.41, 5.74) is -0.899. The van der Waals surface area contributed by atoms with E-state index < -0.39 is 41.1 Å². The predicted molar refractivity (Wildman–Crippen MR) is 145 cm³/mol. The lowest BCUT2D eigenvalue weighted by Crippen LogP contribution is -2.60. The van der Waals surface area contributed by atoms with Gasteiger partial charge in [0.15, 0.2) is 0 Å². The van der Waals surface area contributed by atoms with Crippen LogP contribution in [0.25, 0.3) is 0 Å². The molecule has 1 N–H and O–H groups in total. The van der Waals surface area contributed by atoms with Crippen LogP contribution < -0.4 is 4.90 Å². The molecule has 3 fully saturated rings. The van der Waals surface area contributed by atoms with Crippen LogP contribution in [0.3, 0.4) is 0 Å². The van der Waals surface area contributed by atoms with Crippen molar-refractivity contribution < 1.29 is 29.0 Å². The maximum Gasteiger partial charge on any atom is 0.313 e. The first-order valence-corrected chi connectivity index (χ1v) is 13.4. The molecule has 0 saturated carbocycles. The maximum atomic E-state index is 14.7. The molecule has 1 aromatic carbocycles. The van der Waals surface area contributed by atoms with Gasteiger partial charge in [-0.25, -0.2) is 0 Å². The van der Waals surface area contributed by atoms with Crippen LogP contribution in [0.15, 0.2) is 43.5 Å². The molecule has 0 aromatic heterocycles. The van der Waals surface area contributed by atoms with E-state index in [0.717, 1.165) is 5.56 Å². The molecule has 38 heavy (non-hydrogen) atoms. The van der Waals surface area contributed by atoms with Gasteiger partial charge in [0.1, 0.15) is 24.2 Å². The highest BCUT2D eigenvalue weighted by molar-refractivity contribution is 6.34. The second kappa shape index (κ2) is 10.5. The lowest BCUT2D eigenvalue weighted by Gasteiger charge is -2.41. The number of carbonyl (C=O) groups excluding carboxylic acids is 3. The van der Waals surface area contributed by atoms with Gasteiger partial charge in [0.2, 0.25) is 5.91 Å². The Bertz CT molecular complexity index is 1130. The lowest BCUT2D eigenvalue weighted by molar-refractivity contribution is -0.160. The summed E-state index contributed by atoms with van der Waals surface area (Å²) in [6.07, 6.45) is 3.98. The van der Waals surface area contributed by atoms with Gasteiger partial charge in [-0.1, -0.05) is 56.3 Å². The topological polar surface area (TPSA) is 96.4 Å². The molecule has 3 aliphatic heterocycles. The average Bonchev–Trinajstić information content (AvgIpc) is 3.43. The fourth-order valence-electron chi connectivity index (χ4n) is 6.74. The van der Waals surface area contributed by atoms with Gasteiger partial charge in [0.25, 0.3) is 5.91 Å². The van der Waals surface area contributed by atoms with Crippen molar-refractivity contribution in [3.63, 3.8) is 0 Å². The third-order valence-electron chi connectivity index (χ3n) is 8.40. The summed E-state index contributed by atoms with van der Waals surface area (Å²) in [6.45, 7) is 14.7. The number of anilines is 1. The zero-order valence-corrected chi connectivity index (χ0v) is 23.2. The number of halogens is 1. The van der Waals surface area contributed by atoms with E-state index in [2.05, 4.69) is 13.2 Å². The minimum absolute atomic E-state index is 0.00948. The van der Waals surface area contributed by atoms with Crippen LogP contribution in [-0.2, 0) is 23.9 Å². The molecule has 2 unspecified atom stereocenters. The first-order valence-electron chi connectivity index (χ1n) is 13.1. The van der Waals surface area contributed by atoms with Gasteiger partial charge in [0.05, 0.1) is 34.9 Å². The number of aliphatic hydroxyl groups excluding tert-OH is 1. The Kier molecular flexibility index (Phi) is 7.81. The zero-order valence-electron chi connectivity index (χ0n) is 22.5. The number of ether oxygens (including phenoxy) is 2. The quantitative estimate of drug-likeness (QED) is 0.356. The van der Waals surface area contributed by atoms with Crippen LogP contribution >= 0.6 is 11.6 Å². The van der Waals surface area contributed by atoms with Crippen molar-refractivity contribution in [2.24, 2.45) is 17.8 Å². The van der Waals surface area contributed by atoms with Gasteiger partial charge in [-0.05, 0) is 44.2 Å². The van der Waals surface area contributed by atoms with Crippen LogP contribution in [0.2, 0.25) is 5.02 Å². The Hall–Kier alpha value is -2.68. The number of carbonyl (C=O) groups is 3. The van der Waals surface area contributed by atoms with Crippen LogP contribution in [0.4, 0.5) is 5.69 Å². The van der Waals surface area contributed by atoms with E-state index in [0.29, 0.717) is 23.6 Å². The summed E-state index contributed by atoms with van der Waals surface area (Å²) in [5.74, 6) is -3.28. The maximum absolute atomic E-state index is 14.7. The van der Waals surface area contributed by atoms with E-state index in [4.69, 9.17) is 21.1 Å². The normalized spacial score (nSPS) is 30.3. The van der Waals surface area contributed by atoms with Gasteiger partial charge in [-0.2, -0.15) is 0 Å². The summed E-state index contributed by atoms with van der Waals surface area (Å²) < 4.78 is 12.1. The van der Waals surface area contributed by atoms with Gasteiger partial charge < -0.3 is 24.4 Å². The van der Waals surface area contributed by atoms with Crippen molar-refractivity contribution in [2.45, 2.75) is 63.8 Å². The number of nitrogens with zero attached hydrogens (tertiary/aromatic N) is 2. The number of hydrogen-bond acceptors (Lipinski definition) is 6. The van der Waals surface area contributed by atoms with Gasteiger partial charge in [-0.3, -0.25) is 14.4 Å². The fraction of sp³-hybridized carbons (Fsp3) is 0.552. The molecule has 8 nitrogen and oxygen atoms in total. The number of esters is 1. The molecule has 4 rings (SSSR count). The number of benzene rings is 1. The number of hydrogen-bond donors (Lipinski definition) is 1.